The van der Waals surface area contributed by atoms with Crippen molar-refractivity contribution in [2.45, 2.75) is 18.0 Å². The molecule has 17 heteroatoms. The summed E-state index contributed by atoms with van der Waals surface area (Å²) < 4.78 is 3.21. The second-order valence-corrected chi connectivity index (χ2v) is 10.5. The molecule has 0 aromatic carbocycles. The van der Waals surface area contributed by atoms with Crippen LogP contribution < -0.4 is 26.5 Å². The van der Waals surface area contributed by atoms with Crippen LogP contribution in [0.15, 0.2) is 46.3 Å². The van der Waals surface area contributed by atoms with Crippen molar-refractivity contribution in [2.75, 3.05) is 24.3 Å². The Morgan fingerprint density at radius 1 is 1.36 bits per heavy atom. The highest BCUT2D eigenvalue weighted by Gasteiger charge is 2.53. The van der Waals surface area contributed by atoms with Crippen LogP contribution in [-0.2, 0) is 32.8 Å². The van der Waals surface area contributed by atoms with E-state index in [4.69, 9.17) is 16.3 Å². The Morgan fingerprint density at radius 3 is 2.79 bits per heavy atom. The second kappa shape index (κ2) is 10.3. The number of aryl methyl sites for hydroxylation is 1. The average Bonchev–Trinajstić information content (AvgIpc) is 3.49. The lowest BCUT2D eigenvalue weighted by molar-refractivity contribution is -0.688. The van der Waals surface area contributed by atoms with Crippen LogP contribution in [-0.4, -0.2) is 72.4 Å². The van der Waals surface area contributed by atoms with Gasteiger partial charge >= 0.3 is 0 Å². The fraction of sp³-hybridized carbons (Fsp3) is 0.273. The van der Waals surface area contributed by atoms with E-state index in [9.17, 15) is 19.5 Å². The largest absolute Gasteiger partial charge is 0.543 e. The first-order valence-corrected chi connectivity index (χ1v) is 13.3. The van der Waals surface area contributed by atoms with Gasteiger partial charge < -0.3 is 31.5 Å². The summed E-state index contributed by atoms with van der Waals surface area (Å²) in [6.07, 6.45) is 3.52. The zero-order chi connectivity index (χ0) is 27.8. The third kappa shape index (κ3) is 4.88. The number of carboxylic acid groups (broad SMARTS) is 1. The molecule has 2 atom stereocenters. The van der Waals surface area contributed by atoms with Gasteiger partial charge in [-0.3, -0.25) is 14.5 Å². The lowest BCUT2D eigenvalue weighted by Gasteiger charge is -2.50. The molecule has 1 fully saturated rings. The predicted molar refractivity (Wildman–Crippen MR) is 138 cm³/mol. The number of carboxylic acids is 1. The Labute approximate surface area is 229 Å². The molecule has 0 unspecified atom stereocenters. The Hall–Kier alpha value is -4.51. The number of nitrogens with one attached hydrogen (secondary N) is 1. The maximum Gasteiger partial charge on any atom is 0.276 e. The first-order valence-electron chi connectivity index (χ1n) is 11.3. The number of aliphatic carboxylic acids is 1. The Bertz CT molecular complexity index is 1530. The van der Waals surface area contributed by atoms with Crippen molar-refractivity contribution in [1.29, 1.82) is 0 Å². The number of amides is 2. The highest BCUT2D eigenvalue weighted by Crippen LogP contribution is 2.40. The third-order valence-electron chi connectivity index (χ3n) is 5.98. The number of fused-ring (bicyclic) bond motifs is 1. The Morgan fingerprint density at radius 2 is 2.15 bits per heavy atom. The molecule has 2 aliphatic rings. The number of pyridine rings is 1. The molecule has 202 valence electrons. The van der Waals surface area contributed by atoms with E-state index >= 15 is 0 Å². The molecule has 2 aliphatic heterocycles. The van der Waals surface area contributed by atoms with Crippen LogP contribution >= 0.6 is 23.1 Å². The Balaban J connectivity index is 1.35. The van der Waals surface area contributed by atoms with Crippen LogP contribution in [0, 0.1) is 0 Å². The van der Waals surface area contributed by atoms with Gasteiger partial charge in [-0.1, -0.05) is 5.16 Å². The molecule has 5 N–H and O–H groups in total. The zero-order valence-electron chi connectivity index (χ0n) is 20.6. The highest BCUT2D eigenvalue weighted by atomic mass is 32.2. The monoisotopic (exact) mass is 570 g/mol. The quantitative estimate of drug-likeness (QED) is 0.115. The predicted octanol–water partition coefficient (Wildman–Crippen LogP) is -2.15. The van der Waals surface area contributed by atoms with Crippen molar-refractivity contribution >= 4 is 57.7 Å². The summed E-state index contributed by atoms with van der Waals surface area (Å²) in [6.45, 7) is 0.176. The lowest BCUT2D eigenvalue weighted by atomic mass is 10.0. The molecule has 3 aromatic heterocycles. The van der Waals surface area contributed by atoms with Gasteiger partial charge in [0.1, 0.15) is 24.2 Å². The van der Waals surface area contributed by atoms with Crippen LogP contribution in [0.4, 0.5) is 11.1 Å². The number of thiazole rings is 1. The van der Waals surface area contributed by atoms with Crippen molar-refractivity contribution < 1.29 is 28.9 Å². The second-order valence-electron chi connectivity index (χ2n) is 8.48. The van der Waals surface area contributed by atoms with Gasteiger partial charge in [0.05, 0.1) is 17.2 Å². The summed E-state index contributed by atoms with van der Waals surface area (Å²) in [6, 6.07) is 2.60. The number of thioether (sulfide) groups is 1. The summed E-state index contributed by atoms with van der Waals surface area (Å²) in [5.41, 5.74) is 12.4. The molecular formula is C22H22N10O5S2. The SMILES string of the molecule is CO/N=C(\C(=O)N[C@@H]1C(=O)N2C(C(=O)[O-])=C(C[n+]3cccc(-c4nc(N)n(C)n4)c3)CS[C@H]12)c1csc(N)n1. The number of carbonyl (C=O) groups excluding carboxylic acids is 3. The van der Waals surface area contributed by atoms with Crippen LogP contribution in [0.2, 0.25) is 0 Å². The van der Waals surface area contributed by atoms with E-state index in [-0.39, 0.29) is 40.5 Å². The number of nitrogens with two attached hydrogens (primary N) is 2. The molecule has 0 spiro atoms. The molecule has 3 aromatic rings. The molecule has 0 bridgehead atoms. The maximum atomic E-state index is 13.1. The number of nitrogen functional groups attached to an aromatic ring is 2. The molecule has 2 amide bonds. The van der Waals surface area contributed by atoms with Gasteiger partial charge in [0.25, 0.3) is 11.8 Å². The summed E-state index contributed by atoms with van der Waals surface area (Å²) in [5.74, 6) is -1.81. The van der Waals surface area contributed by atoms with Gasteiger partial charge in [-0.05, 0) is 6.07 Å². The number of carbonyl (C=O) groups is 3. The lowest BCUT2D eigenvalue weighted by Crippen LogP contribution is -2.71. The number of anilines is 2. The van der Waals surface area contributed by atoms with E-state index in [2.05, 4.69) is 25.5 Å². The van der Waals surface area contributed by atoms with E-state index < -0.39 is 29.2 Å². The summed E-state index contributed by atoms with van der Waals surface area (Å²) in [7, 11) is 2.94. The summed E-state index contributed by atoms with van der Waals surface area (Å²) in [5, 5.41) is 23.9. The third-order valence-corrected chi connectivity index (χ3v) is 7.99. The van der Waals surface area contributed by atoms with Crippen molar-refractivity contribution in [3.63, 3.8) is 0 Å². The van der Waals surface area contributed by atoms with Crippen molar-refractivity contribution in [2.24, 2.45) is 12.2 Å². The van der Waals surface area contributed by atoms with Crippen LogP contribution in [0.25, 0.3) is 11.4 Å². The smallest absolute Gasteiger partial charge is 0.276 e. The molecule has 0 radical (unpaired) electrons. The van der Waals surface area contributed by atoms with Crippen LogP contribution in [0.1, 0.15) is 5.69 Å². The highest BCUT2D eigenvalue weighted by molar-refractivity contribution is 8.00. The van der Waals surface area contributed by atoms with E-state index in [0.717, 1.165) is 16.2 Å². The first kappa shape index (κ1) is 26.1. The number of hydrogen-bond donors (Lipinski definition) is 3. The molecule has 0 saturated carbocycles. The average molecular weight is 571 g/mol. The molecule has 39 heavy (non-hydrogen) atoms. The van der Waals surface area contributed by atoms with Crippen molar-refractivity contribution in [3.05, 3.63) is 46.9 Å². The van der Waals surface area contributed by atoms with E-state index in [0.29, 0.717) is 17.0 Å². The topological polar surface area (TPSA) is 211 Å². The maximum absolute atomic E-state index is 13.1. The van der Waals surface area contributed by atoms with Gasteiger partial charge in [0.2, 0.25) is 5.95 Å². The standard InChI is InChI=1S/C22H22N10O5S2/c1-30-21(23)27-16(28-30)10-4-3-5-31(6-10)7-11-8-38-19-14(18(34)32(19)15(11)20(35)36)26-17(33)13(29-37-2)12-9-39-22(24)25-12/h3-6,9,14,19H,7-8H2,1-2H3,(H5-,23,24,25,26,27,28,33,35,36)/b29-13-/t14-,19-/m1/s1. The molecule has 5 rings (SSSR count). The number of hydrogen-bond acceptors (Lipinski definition) is 13. The number of oxime groups is 1. The molecule has 1 saturated heterocycles. The summed E-state index contributed by atoms with van der Waals surface area (Å²) in [4.78, 5) is 52.3. The molecule has 15 nitrogen and oxygen atoms in total. The first-order chi connectivity index (χ1) is 18.7. The fourth-order valence-corrected chi connectivity index (χ4v) is 6.07. The zero-order valence-corrected chi connectivity index (χ0v) is 22.2. The minimum absolute atomic E-state index is 0.158. The van der Waals surface area contributed by atoms with Crippen LogP contribution in [0.3, 0.4) is 0 Å². The van der Waals surface area contributed by atoms with Crippen molar-refractivity contribution in [3.8, 4) is 11.4 Å². The van der Waals surface area contributed by atoms with E-state index in [1.807, 2.05) is 0 Å². The molecular weight excluding hydrogens is 548 g/mol. The molecule has 5 heterocycles. The Kier molecular flexibility index (Phi) is 6.92. The number of rotatable bonds is 8. The van der Waals surface area contributed by atoms with Gasteiger partial charge in [-0.2, -0.15) is 4.98 Å². The van der Waals surface area contributed by atoms with Gasteiger partial charge in [-0.25, -0.2) is 14.2 Å². The summed E-state index contributed by atoms with van der Waals surface area (Å²) >= 11 is 2.44. The molecule has 0 aliphatic carbocycles. The van der Waals surface area contributed by atoms with Gasteiger partial charge in [0, 0.05) is 29.8 Å². The van der Waals surface area contributed by atoms with Gasteiger partial charge in [-0.15, -0.1) is 28.2 Å². The number of aromatic nitrogens is 5. The van der Waals surface area contributed by atoms with Gasteiger partial charge in [0.15, 0.2) is 35.6 Å². The normalized spacial score (nSPS) is 19.0. The minimum atomic E-state index is -1.48. The number of nitrogens with zero attached hydrogens (tertiary/aromatic N) is 7. The fourth-order valence-electron chi connectivity index (χ4n) is 4.19. The van der Waals surface area contributed by atoms with Crippen molar-refractivity contribution in [1.82, 2.24) is 30.0 Å². The van der Waals surface area contributed by atoms with E-state index in [1.165, 1.54) is 28.9 Å². The minimum Gasteiger partial charge on any atom is -0.543 e. The van der Waals surface area contributed by atoms with Crippen LogP contribution in [0.5, 0.6) is 0 Å². The van der Waals surface area contributed by atoms with E-state index in [1.54, 1.807) is 36.1 Å². The number of β-lactam (4-membered cyclic amide) rings is 1.